The van der Waals surface area contributed by atoms with E-state index >= 15 is 0 Å². The SMILES string of the molecule is CCOC(C(=O)c1cccc2ccccc12)C(C)(C)C. The van der Waals surface area contributed by atoms with E-state index in [0.29, 0.717) is 6.61 Å². The molecule has 2 aromatic carbocycles. The minimum atomic E-state index is -0.418. The Bertz CT molecular complexity index is 603. The summed E-state index contributed by atoms with van der Waals surface area (Å²) >= 11 is 0. The Labute approximate surface area is 120 Å². The Morgan fingerprint density at radius 3 is 2.40 bits per heavy atom. The van der Waals surface area contributed by atoms with Gasteiger partial charge in [0.25, 0.3) is 0 Å². The second-order valence-electron chi connectivity index (χ2n) is 6.09. The van der Waals surface area contributed by atoms with Gasteiger partial charge in [-0.2, -0.15) is 0 Å². The fourth-order valence-corrected chi connectivity index (χ4v) is 2.47. The van der Waals surface area contributed by atoms with E-state index in [2.05, 4.69) is 0 Å². The first-order chi connectivity index (χ1) is 9.45. The van der Waals surface area contributed by atoms with Crippen molar-refractivity contribution in [2.75, 3.05) is 6.61 Å². The molecule has 2 rings (SSSR count). The molecule has 1 atom stereocenters. The third-order valence-electron chi connectivity index (χ3n) is 3.41. The van der Waals surface area contributed by atoms with Crippen LogP contribution in [0.2, 0.25) is 0 Å². The van der Waals surface area contributed by atoms with Crippen molar-refractivity contribution in [2.45, 2.75) is 33.8 Å². The number of hydrogen-bond donors (Lipinski definition) is 0. The predicted molar refractivity (Wildman–Crippen MR) is 83.1 cm³/mol. The first-order valence-electron chi connectivity index (χ1n) is 7.08. The Balaban J connectivity index is 2.49. The number of ketones is 1. The van der Waals surface area contributed by atoms with Gasteiger partial charge in [-0.3, -0.25) is 4.79 Å². The Morgan fingerprint density at radius 1 is 1.10 bits per heavy atom. The normalized spacial score (nSPS) is 13.4. The lowest BCUT2D eigenvalue weighted by atomic mass is 9.83. The van der Waals surface area contributed by atoms with E-state index in [4.69, 9.17) is 4.74 Å². The minimum Gasteiger partial charge on any atom is -0.370 e. The van der Waals surface area contributed by atoms with E-state index in [1.54, 1.807) is 0 Å². The summed E-state index contributed by atoms with van der Waals surface area (Å²) in [5, 5.41) is 2.08. The van der Waals surface area contributed by atoms with Crippen LogP contribution in [0.15, 0.2) is 42.5 Å². The van der Waals surface area contributed by atoms with E-state index in [0.717, 1.165) is 16.3 Å². The number of rotatable bonds is 4. The van der Waals surface area contributed by atoms with Crippen molar-refractivity contribution in [1.29, 1.82) is 0 Å². The van der Waals surface area contributed by atoms with Crippen LogP contribution in [0.3, 0.4) is 0 Å². The number of carbonyl (C=O) groups is 1. The molecule has 106 valence electrons. The number of fused-ring (bicyclic) bond motifs is 1. The average molecular weight is 270 g/mol. The van der Waals surface area contributed by atoms with Crippen molar-refractivity contribution in [2.24, 2.45) is 5.41 Å². The summed E-state index contributed by atoms with van der Waals surface area (Å²) in [7, 11) is 0. The van der Waals surface area contributed by atoms with E-state index < -0.39 is 6.10 Å². The summed E-state index contributed by atoms with van der Waals surface area (Å²) in [5.74, 6) is 0.0659. The van der Waals surface area contributed by atoms with Gasteiger partial charge in [0.2, 0.25) is 0 Å². The van der Waals surface area contributed by atoms with Gasteiger partial charge in [0.15, 0.2) is 5.78 Å². The highest BCUT2D eigenvalue weighted by Crippen LogP contribution is 2.28. The second kappa shape index (κ2) is 5.76. The third kappa shape index (κ3) is 2.91. The summed E-state index contributed by atoms with van der Waals surface area (Å²) in [6.07, 6.45) is -0.418. The highest BCUT2D eigenvalue weighted by molar-refractivity contribution is 6.10. The van der Waals surface area contributed by atoms with Crippen LogP contribution in [0.4, 0.5) is 0 Å². The molecule has 0 heterocycles. The molecule has 2 heteroatoms. The van der Waals surface area contributed by atoms with Crippen molar-refractivity contribution in [3.05, 3.63) is 48.0 Å². The van der Waals surface area contributed by atoms with Gasteiger partial charge in [0.05, 0.1) is 0 Å². The molecule has 2 aromatic rings. The predicted octanol–water partition coefficient (Wildman–Crippen LogP) is 4.47. The van der Waals surface area contributed by atoms with E-state index in [-0.39, 0.29) is 11.2 Å². The number of hydrogen-bond acceptors (Lipinski definition) is 2. The van der Waals surface area contributed by atoms with Gasteiger partial charge in [0, 0.05) is 12.2 Å². The van der Waals surface area contributed by atoms with Crippen LogP contribution >= 0.6 is 0 Å². The van der Waals surface area contributed by atoms with Gasteiger partial charge >= 0.3 is 0 Å². The molecule has 1 unspecified atom stereocenters. The fourth-order valence-electron chi connectivity index (χ4n) is 2.47. The summed E-state index contributed by atoms with van der Waals surface area (Å²) in [6, 6.07) is 13.8. The highest BCUT2D eigenvalue weighted by Gasteiger charge is 2.33. The Kier molecular flexibility index (Phi) is 4.24. The fraction of sp³-hybridized carbons (Fsp3) is 0.389. The summed E-state index contributed by atoms with van der Waals surface area (Å²) in [5.41, 5.74) is 0.529. The molecule has 2 nitrogen and oxygen atoms in total. The van der Waals surface area contributed by atoms with Crippen LogP contribution < -0.4 is 0 Å². The van der Waals surface area contributed by atoms with Gasteiger partial charge < -0.3 is 4.74 Å². The molecule has 0 spiro atoms. The molecule has 0 radical (unpaired) electrons. The monoisotopic (exact) mass is 270 g/mol. The van der Waals surface area contributed by atoms with Gasteiger partial charge in [-0.15, -0.1) is 0 Å². The standard InChI is InChI=1S/C18H22O2/c1-5-20-17(18(2,3)4)16(19)15-12-8-10-13-9-6-7-11-14(13)15/h6-12,17H,5H2,1-4H3. The molecule has 20 heavy (non-hydrogen) atoms. The molecule has 0 saturated heterocycles. The van der Waals surface area contributed by atoms with Crippen LogP contribution in [-0.2, 0) is 4.74 Å². The van der Waals surface area contributed by atoms with E-state index in [1.165, 1.54) is 0 Å². The van der Waals surface area contributed by atoms with E-state index in [9.17, 15) is 4.79 Å². The van der Waals surface area contributed by atoms with Crippen molar-refractivity contribution >= 4 is 16.6 Å². The highest BCUT2D eigenvalue weighted by atomic mass is 16.5. The molecule has 0 amide bonds. The summed E-state index contributed by atoms with van der Waals surface area (Å²) in [6.45, 7) is 8.58. The number of benzene rings is 2. The summed E-state index contributed by atoms with van der Waals surface area (Å²) in [4.78, 5) is 12.9. The van der Waals surface area contributed by atoms with Gasteiger partial charge in [-0.1, -0.05) is 63.2 Å². The molecule has 0 bridgehead atoms. The molecule has 0 aliphatic rings. The largest absolute Gasteiger partial charge is 0.370 e. The molecule has 0 fully saturated rings. The lowest BCUT2D eigenvalue weighted by Gasteiger charge is -2.29. The molecular formula is C18H22O2. The van der Waals surface area contributed by atoms with Crippen LogP contribution in [0.25, 0.3) is 10.8 Å². The molecule has 0 aliphatic carbocycles. The quantitative estimate of drug-likeness (QED) is 0.766. The van der Waals surface area contributed by atoms with Gasteiger partial charge in [0.1, 0.15) is 6.10 Å². The third-order valence-corrected chi connectivity index (χ3v) is 3.41. The van der Waals surface area contributed by atoms with Crippen LogP contribution in [-0.4, -0.2) is 18.5 Å². The maximum atomic E-state index is 12.9. The van der Waals surface area contributed by atoms with Crippen molar-refractivity contribution in [1.82, 2.24) is 0 Å². The Morgan fingerprint density at radius 2 is 1.75 bits per heavy atom. The second-order valence-corrected chi connectivity index (χ2v) is 6.09. The zero-order valence-electron chi connectivity index (χ0n) is 12.6. The number of Topliss-reactive ketones (excluding diaryl/α,β-unsaturated/α-hetero) is 1. The van der Waals surface area contributed by atoms with Crippen LogP contribution in [0.5, 0.6) is 0 Å². The van der Waals surface area contributed by atoms with Gasteiger partial charge in [-0.05, 0) is 23.1 Å². The molecule has 0 aliphatic heterocycles. The zero-order valence-corrected chi connectivity index (χ0v) is 12.6. The van der Waals surface area contributed by atoms with Crippen molar-refractivity contribution in [3.63, 3.8) is 0 Å². The molecular weight excluding hydrogens is 248 g/mol. The smallest absolute Gasteiger partial charge is 0.192 e. The van der Waals surface area contributed by atoms with E-state index in [1.807, 2.05) is 70.2 Å². The molecule has 0 N–H and O–H groups in total. The molecule has 0 saturated carbocycles. The lowest BCUT2D eigenvalue weighted by Crippen LogP contribution is -2.37. The Hall–Kier alpha value is -1.67. The number of ether oxygens (including phenoxy) is 1. The van der Waals surface area contributed by atoms with Gasteiger partial charge in [-0.25, -0.2) is 0 Å². The zero-order chi connectivity index (χ0) is 14.8. The maximum Gasteiger partial charge on any atom is 0.192 e. The average Bonchev–Trinajstić information content (AvgIpc) is 2.42. The van der Waals surface area contributed by atoms with Crippen molar-refractivity contribution < 1.29 is 9.53 Å². The number of carbonyl (C=O) groups excluding carboxylic acids is 1. The minimum absolute atomic E-state index is 0.0659. The molecule has 0 aromatic heterocycles. The van der Waals surface area contributed by atoms with Crippen LogP contribution in [0.1, 0.15) is 38.1 Å². The topological polar surface area (TPSA) is 26.3 Å². The first-order valence-corrected chi connectivity index (χ1v) is 7.08. The van der Waals surface area contributed by atoms with Crippen molar-refractivity contribution in [3.8, 4) is 0 Å². The summed E-state index contributed by atoms with van der Waals surface area (Å²) < 4.78 is 5.72. The maximum absolute atomic E-state index is 12.9. The van der Waals surface area contributed by atoms with Crippen LogP contribution in [0, 0.1) is 5.41 Å². The lowest BCUT2D eigenvalue weighted by molar-refractivity contribution is -0.0000980. The first kappa shape index (κ1) is 14.7.